The van der Waals surface area contributed by atoms with Gasteiger partial charge in [0.15, 0.2) is 5.82 Å². The number of nitrogens with zero attached hydrogens (tertiary/aromatic N) is 2. The van der Waals surface area contributed by atoms with Gasteiger partial charge >= 0.3 is 6.01 Å². The van der Waals surface area contributed by atoms with E-state index < -0.39 is 0 Å². The normalized spacial score (nSPS) is 10.8. The second kappa shape index (κ2) is 5.11. The first-order valence-electron chi connectivity index (χ1n) is 4.30. The minimum atomic E-state index is 0.319. The summed E-state index contributed by atoms with van der Waals surface area (Å²) >= 11 is 1.78. The molecule has 0 aromatic carbocycles. The number of nitrogens with one attached hydrogen (secondary N) is 1. The zero-order valence-corrected chi connectivity index (χ0v) is 9.02. The first kappa shape index (κ1) is 10.4. The number of aromatic nitrogens is 2. The molecule has 1 aromatic heterocycles. The molecule has 0 saturated carbocycles. The Hall–Kier alpha value is -0.710. The number of hydrogen-bond acceptors (Lipinski definition) is 5. The molecule has 0 atom stereocenters. The number of thioether (sulfide) groups is 1. The summed E-state index contributed by atoms with van der Waals surface area (Å²) in [6.45, 7) is 4.94. The van der Waals surface area contributed by atoms with Gasteiger partial charge in [0, 0.05) is 18.2 Å². The molecule has 0 unspecified atom stereocenters. The van der Waals surface area contributed by atoms with Gasteiger partial charge in [-0.15, -0.1) is 0 Å². The molecule has 4 nitrogen and oxygen atoms in total. The van der Waals surface area contributed by atoms with Crippen LogP contribution in [-0.4, -0.2) is 28.7 Å². The molecule has 0 radical (unpaired) electrons. The van der Waals surface area contributed by atoms with Crippen LogP contribution < -0.4 is 5.32 Å². The first-order valence-corrected chi connectivity index (χ1v) is 5.70. The van der Waals surface area contributed by atoms with E-state index in [2.05, 4.69) is 21.7 Å². The van der Waals surface area contributed by atoms with Crippen LogP contribution in [-0.2, 0) is 0 Å². The number of anilines is 1. The fraction of sp³-hybridized carbons (Fsp3) is 0.750. The van der Waals surface area contributed by atoms with Gasteiger partial charge in [-0.25, -0.2) is 0 Å². The van der Waals surface area contributed by atoms with E-state index in [9.17, 15) is 0 Å². The predicted octanol–water partition coefficient (Wildman–Crippen LogP) is 1.97. The predicted molar refractivity (Wildman–Crippen MR) is 55.3 cm³/mol. The van der Waals surface area contributed by atoms with Crippen molar-refractivity contribution in [3.05, 3.63) is 5.82 Å². The molecule has 0 saturated heterocycles. The van der Waals surface area contributed by atoms with Crippen LogP contribution in [0.1, 0.15) is 25.6 Å². The van der Waals surface area contributed by atoms with Gasteiger partial charge in [-0.3, -0.25) is 0 Å². The lowest BCUT2D eigenvalue weighted by Gasteiger charge is -1.96. The van der Waals surface area contributed by atoms with Gasteiger partial charge in [-0.1, -0.05) is 19.0 Å². The smallest absolute Gasteiger partial charge is 0.321 e. The summed E-state index contributed by atoms with van der Waals surface area (Å²) in [7, 11) is 0. The molecular formula is C8H15N3OS. The van der Waals surface area contributed by atoms with Gasteiger partial charge < -0.3 is 9.84 Å². The van der Waals surface area contributed by atoms with Crippen molar-refractivity contribution in [1.82, 2.24) is 10.1 Å². The largest absolute Gasteiger partial charge is 0.337 e. The van der Waals surface area contributed by atoms with E-state index in [1.807, 2.05) is 13.8 Å². The summed E-state index contributed by atoms with van der Waals surface area (Å²) in [5, 5.41) is 6.90. The second-order valence-corrected chi connectivity index (χ2v) is 4.02. The average Bonchev–Trinajstić information content (AvgIpc) is 2.53. The molecule has 0 aliphatic carbocycles. The van der Waals surface area contributed by atoms with Crippen molar-refractivity contribution >= 4 is 17.8 Å². The van der Waals surface area contributed by atoms with Crippen LogP contribution in [0.15, 0.2) is 4.52 Å². The zero-order chi connectivity index (χ0) is 9.68. The zero-order valence-electron chi connectivity index (χ0n) is 8.20. The van der Waals surface area contributed by atoms with Gasteiger partial charge in [0.2, 0.25) is 0 Å². The Morgan fingerprint density at radius 2 is 2.31 bits per heavy atom. The molecule has 1 heterocycles. The Kier molecular flexibility index (Phi) is 4.08. The summed E-state index contributed by atoms with van der Waals surface area (Å²) in [6.07, 6.45) is 2.06. The van der Waals surface area contributed by atoms with Crippen LogP contribution in [0.2, 0.25) is 0 Å². The van der Waals surface area contributed by atoms with Gasteiger partial charge in [-0.2, -0.15) is 16.7 Å². The van der Waals surface area contributed by atoms with E-state index >= 15 is 0 Å². The number of rotatable bonds is 5. The highest BCUT2D eigenvalue weighted by molar-refractivity contribution is 7.98. The van der Waals surface area contributed by atoms with Crippen molar-refractivity contribution < 1.29 is 4.52 Å². The van der Waals surface area contributed by atoms with Crippen LogP contribution in [0.3, 0.4) is 0 Å². The van der Waals surface area contributed by atoms with E-state index in [0.717, 1.165) is 18.1 Å². The summed E-state index contributed by atoms with van der Waals surface area (Å²) in [5.41, 5.74) is 0. The Labute approximate surface area is 82.5 Å². The molecule has 74 valence electrons. The van der Waals surface area contributed by atoms with Crippen LogP contribution >= 0.6 is 11.8 Å². The van der Waals surface area contributed by atoms with Crippen molar-refractivity contribution in [3.8, 4) is 0 Å². The van der Waals surface area contributed by atoms with Gasteiger partial charge in [0.1, 0.15) is 0 Å². The fourth-order valence-electron chi connectivity index (χ4n) is 0.801. The van der Waals surface area contributed by atoms with Crippen LogP contribution in [0.25, 0.3) is 0 Å². The minimum absolute atomic E-state index is 0.319. The third-order valence-corrected chi connectivity index (χ3v) is 2.15. The first-order chi connectivity index (χ1) is 6.24. The molecule has 0 aliphatic rings. The van der Waals surface area contributed by atoms with E-state index in [0.29, 0.717) is 11.9 Å². The van der Waals surface area contributed by atoms with Gasteiger partial charge in [0.05, 0.1) is 0 Å². The maximum Gasteiger partial charge on any atom is 0.321 e. The standard InChI is InChI=1S/C8H15N3OS/c1-6(2)7-10-8(12-11-7)9-4-5-13-3/h6H,4-5H2,1-3H3,(H,9,10,11). The van der Waals surface area contributed by atoms with Crippen molar-refractivity contribution in [1.29, 1.82) is 0 Å². The molecule has 5 heteroatoms. The van der Waals surface area contributed by atoms with E-state index in [4.69, 9.17) is 4.52 Å². The lowest BCUT2D eigenvalue weighted by atomic mass is 10.2. The van der Waals surface area contributed by atoms with E-state index in [1.54, 1.807) is 11.8 Å². The highest BCUT2D eigenvalue weighted by Gasteiger charge is 2.08. The topological polar surface area (TPSA) is 51.0 Å². The van der Waals surface area contributed by atoms with Crippen LogP contribution in [0, 0.1) is 0 Å². The van der Waals surface area contributed by atoms with Crippen LogP contribution in [0.5, 0.6) is 0 Å². The fourth-order valence-corrected chi connectivity index (χ4v) is 1.11. The van der Waals surface area contributed by atoms with Crippen molar-refractivity contribution in [2.24, 2.45) is 0 Å². The van der Waals surface area contributed by atoms with Gasteiger partial charge in [0.25, 0.3) is 0 Å². The molecule has 1 rings (SSSR count). The minimum Gasteiger partial charge on any atom is -0.337 e. The Morgan fingerprint density at radius 1 is 1.54 bits per heavy atom. The third-order valence-electron chi connectivity index (χ3n) is 1.54. The molecule has 13 heavy (non-hydrogen) atoms. The van der Waals surface area contributed by atoms with Crippen molar-refractivity contribution in [3.63, 3.8) is 0 Å². The lowest BCUT2D eigenvalue weighted by Crippen LogP contribution is -2.03. The average molecular weight is 201 g/mol. The molecule has 1 aromatic rings. The molecule has 0 aliphatic heterocycles. The summed E-state index contributed by atoms with van der Waals surface area (Å²) in [6, 6.07) is 0.526. The quantitative estimate of drug-likeness (QED) is 0.738. The second-order valence-electron chi connectivity index (χ2n) is 3.03. The summed E-state index contributed by atoms with van der Waals surface area (Å²) < 4.78 is 4.99. The highest BCUT2D eigenvalue weighted by atomic mass is 32.2. The summed E-state index contributed by atoms with van der Waals surface area (Å²) in [5.74, 6) is 2.12. The molecule has 0 fully saturated rings. The van der Waals surface area contributed by atoms with E-state index in [1.165, 1.54) is 0 Å². The molecule has 1 N–H and O–H groups in total. The SMILES string of the molecule is CSCCNc1nc(C(C)C)no1. The maximum absolute atomic E-state index is 4.99. The Balaban J connectivity index is 2.40. The monoisotopic (exact) mass is 201 g/mol. The van der Waals surface area contributed by atoms with E-state index in [-0.39, 0.29) is 0 Å². The lowest BCUT2D eigenvalue weighted by molar-refractivity contribution is 0.420. The number of hydrogen-bond donors (Lipinski definition) is 1. The molecule has 0 spiro atoms. The third kappa shape index (κ3) is 3.26. The molecular weight excluding hydrogens is 186 g/mol. The van der Waals surface area contributed by atoms with Crippen LogP contribution in [0.4, 0.5) is 6.01 Å². The Bertz CT molecular complexity index is 249. The molecule has 0 amide bonds. The highest BCUT2D eigenvalue weighted by Crippen LogP contribution is 2.12. The maximum atomic E-state index is 4.99. The summed E-state index contributed by atoms with van der Waals surface area (Å²) in [4.78, 5) is 4.18. The molecule has 0 bridgehead atoms. The van der Waals surface area contributed by atoms with Crippen molar-refractivity contribution in [2.45, 2.75) is 19.8 Å². The Morgan fingerprint density at radius 3 is 2.85 bits per heavy atom. The van der Waals surface area contributed by atoms with Gasteiger partial charge in [-0.05, 0) is 6.26 Å². The van der Waals surface area contributed by atoms with Crippen molar-refractivity contribution in [2.75, 3.05) is 23.9 Å².